The van der Waals surface area contributed by atoms with Gasteiger partial charge in [0.15, 0.2) is 5.60 Å². The molecule has 0 unspecified atom stereocenters. The van der Waals surface area contributed by atoms with E-state index in [4.69, 9.17) is 4.74 Å². The Morgan fingerprint density at radius 1 is 0.786 bits per heavy atom. The third-order valence-electron chi connectivity index (χ3n) is 4.73. The van der Waals surface area contributed by atoms with Crippen LogP contribution in [-0.2, 0) is 10.3 Å². The van der Waals surface area contributed by atoms with Crippen molar-refractivity contribution in [2.45, 2.75) is 25.4 Å². The molecule has 0 radical (unpaired) electrons. The Bertz CT molecular complexity index is 909. The van der Waals surface area contributed by atoms with Gasteiger partial charge in [0.2, 0.25) is 0 Å². The molecule has 0 atom stereocenters. The van der Waals surface area contributed by atoms with Crippen LogP contribution in [0.4, 0.5) is 0 Å². The van der Waals surface area contributed by atoms with Gasteiger partial charge in [-0.2, -0.15) is 0 Å². The summed E-state index contributed by atoms with van der Waals surface area (Å²) in [5.74, 6) is -1.81. The zero-order valence-electron chi connectivity index (χ0n) is 15.7. The lowest BCUT2D eigenvalue weighted by atomic mass is 9.82. The van der Waals surface area contributed by atoms with Crippen LogP contribution in [0.15, 0.2) is 84.9 Å². The van der Waals surface area contributed by atoms with E-state index in [2.05, 4.69) is 0 Å². The first-order valence-corrected chi connectivity index (χ1v) is 9.25. The molecule has 0 saturated carbocycles. The van der Waals surface area contributed by atoms with Crippen LogP contribution in [0.25, 0.3) is 0 Å². The van der Waals surface area contributed by atoms with E-state index in [0.29, 0.717) is 6.42 Å². The van der Waals surface area contributed by atoms with E-state index in [9.17, 15) is 14.7 Å². The summed E-state index contributed by atoms with van der Waals surface area (Å²) >= 11 is 0. The van der Waals surface area contributed by atoms with Crippen LogP contribution in [0.2, 0.25) is 0 Å². The van der Waals surface area contributed by atoms with E-state index in [1.807, 2.05) is 67.6 Å². The van der Waals surface area contributed by atoms with Crippen LogP contribution < -0.4 is 0 Å². The van der Waals surface area contributed by atoms with Gasteiger partial charge in [0.1, 0.15) is 0 Å². The third kappa shape index (κ3) is 3.81. The van der Waals surface area contributed by atoms with E-state index < -0.39 is 17.5 Å². The number of rotatable bonds is 7. The molecule has 0 aromatic heterocycles. The minimum atomic E-state index is -1.16. The number of carboxylic acid groups (broad SMARTS) is 1. The lowest BCUT2D eigenvalue weighted by Gasteiger charge is -2.34. The quantitative estimate of drug-likeness (QED) is 0.571. The number of carboxylic acids is 1. The van der Waals surface area contributed by atoms with Crippen LogP contribution in [0.5, 0.6) is 0 Å². The van der Waals surface area contributed by atoms with Gasteiger partial charge in [0.25, 0.3) is 0 Å². The predicted molar refractivity (Wildman–Crippen MR) is 107 cm³/mol. The molecule has 0 saturated heterocycles. The smallest absolute Gasteiger partial charge is 0.340 e. The molecular formula is C24H22O4. The fourth-order valence-corrected chi connectivity index (χ4v) is 3.45. The maximum absolute atomic E-state index is 13.1. The van der Waals surface area contributed by atoms with Gasteiger partial charge < -0.3 is 9.84 Å². The molecule has 0 fully saturated rings. The molecule has 3 aromatic carbocycles. The summed E-state index contributed by atoms with van der Waals surface area (Å²) in [5.41, 5.74) is 0.676. The molecule has 3 aromatic rings. The minimum absolute atomic E-state index is 0.0438. The molecule has 0 bridgehead atoms. The van der Waals surface area contributed by atoms with Gasteiger partial charge >= 0.3 is 11.9 Å². The first-order chi connectivity index (χ1) is 13.6. The monoisotopic (exact) mass is 374 g/mol. The van der Waals surface area contributed by atoms with Crippen LogP contribution >= 0.6 is 0 Å². The van der Waals surface area contributed by atoms with Crippen LogP contribution in [-0.4, -0.2) is 17.0 Å². The van der Waals surface area contributed by atoms with Gasteiger partial charge in [-0.1, -0.05) is 86.1 Å². The van der Waals surface area contributed by atoms with Gasteiger partial charge in [-0.25, -0.2) is 9.59 Å². The summed E-state index contributed by atoms with van der Waals surface area (Å²) < 4.78 is 6.13. The number of esters is 1. The number of carbonyl (C=O) groups excluding carboxylic acids is 1. The van der Waals surface area contributed by atoms with E-state index in [-0.39, 0.29) is 11.1 Å². The Morgan fingerprint density at radius 2 is 1.25 bits per heavy atom. The van der Waals surface area contributed by atoms with Gasteiger partial charge in [0.05, 0.1) is 11.1 Å². The molecule has 3 rings (SSSR count). The van der Waals surface area contributed by atoms with Crippen molar-refractivity contribution in [2.24, 2.45) is 0 Å². The number of hydrogen-bond donors (Lipinski definition) is 1. The second kappa shape index (κ2) is 8.53. The lowest BCUT2D eigenvalue weighted by Crippen LogP contribution is -2.34. The Hall–Kier alpha value is -3.40. The first kappa shape index (κ1) is 19.4. The summed E-state index contributed by atoms with van der Waals surface area (Å²) in [7, 11) is 0. The van der Waals surface area contributed by atoms with Crippen LogP contribution in [0, 0.1) is 0 Å². The van der Waals surface area contributed by atoms with Crippen molar-refractivity contribution in [3.63, 3.8) is 0 Å². The van der Waals surface area contributed by atoms with Crippen molar-refractivity contribution < 1.29 is 19.4 Å². The minimum Gasteiger partial charge on any atom is -0.478 e. The predicted octanol–water partition coefficient (Wildman–Crippen LogP) is 5.29. The van der Waals surface area contributed by atoms with Gasteiger partial charge in [0, 0.05) is 11.1 Å². The fourth-order valence-electron chi connectivity index (χ4n) is 3.45. The molecule has 0 aliphatic carbocycles. The largest absolute Gasteiger partial charge is 0.478 e. The van der Waals surface area contributed by atoms with Crippen molar-refractivity contribution in [3.8, 4) is 0 Å². The van der Waals surface area contributed by atoms with E-state index in [0.717, 1.165) is 17.5 Å². The normalized spacial score (nSPS) is 11.0. The van der Waals surface area contributed by atoms with Gasteiger partial charge in [-0.15, -0.1) is 0 Å². The molecule has 4 nitrogen and oxygen atoms in total. The van der Waals surface area contributed by atoms with Crippen molar-refractivity contribution in [1.29, 1.82) is 0 Å². The highest BCUT2D eigenvalue weighted by Gasteiger charge is 2.38. The Balaban J connectivity index is 2.13. The maximum atomic E-state index is 13.1. The number of carbonyl (C=O) groups is 2. The van der Waals surface area contributed by atoms with Crippen molar-refractivity contribution in [1.82, 2.24) is 0 Å². The Labute approximate surface area is 164 Å². The summed E-state index contributed by atoms with van der Waals surface area (Å²) in [6, 6.07) is 25.3. The van der Waals surface area contributed by atoms with Crippen LogP contribution in [0.3, 0.4) is 0 Å². The summed E-state index contributed by atoms with van der Waals surface area (Å²) in [4.78, 5) is 24.7. The zero-order valence-corrected chi connectivity index (χ0v) is 15.7. The molecule has 142 valence electrons. The SMILES string of the molecule is CCCC(OC(=O)c1ccccc1C(=O)O)(c1ccccc1)c1ccccc1. The highest BCUT2D eigenvalue weighted by molar-refractivity contribution is 6.02. The zero-order chi connectivity index (χ0) is 20.0. The molecule has 0 aliphatic rings. The fraction of sp³-hybridized carbons (Fsp3) is 0.167. The summed E-state index contributed by atoms with van der Waals surface area (Å²) in [6.45, 7) is 2.03. The van der Waals surface area contributed by atoms with E-state index >= 15 is 0 Å². The molecule has 4 heteroatoms. The van der Waals surface area contributed by atoms with Crippen LogP contribution in [0.1, 0.15) is 51.6 Å². The molecule has 1 N–H and O–H groups in total. The second-order valence-electron chi connectivity index (χ2n) is 6.55. The number of aromatic carboxylic acids is 1. The molecular weight excluding hydrogens is 352 g/mol. The highest BCUT2D eigenvalue weighted by atomic mass is 16.6. The van der Waals surface area contributed by atoms with Gasteiger partial charge in [-0.05, 0) is 18.6 Å². The highest BCUT2D eigenvalue weighted by Crippen LogP contribution is 2.39. The topological polar surface area (TPSA) is 63.6 Å². The molecule has 0 spiro atoms. The Morgan fingerprint density at radius 3 is 1.71 bits per heavy atom. The number of hydrogen-bond acceptors (Lipinski definition) is 3. The third-order valence-corrected chi connectivity index (χ3v) is 4.73. The maximum Gasteiger partial charge on any atom is 0.340 e. The standard InChI is InChI=1S/C24H22O4/c1-2-17-24(18-11-5-3-6-12-18,19-13-7-4-8-14-19)28-23(27)21-16-10-9-15-20(21)22(25)26/h3-16H,2,17H2,1H3,(H,25,26). The summed E-state index contributed by atoms with van der Waals surface area (Å²) in [5, 5.41) is 9.44. The number of ether oxygens (including phenoxy) is 1. The van der Waals surface area contributed by atoms with Gasteiger partial charge in [-0.3, -0.25) is 0 Å². The van der Waals surface area contributed by atoms with Crippen molar-refractivity contribution in [2.75, 3.05) is 0 Å². The molecule has 28 heavy (non-hydrogen) atoms. The first-order valence-electron chi connectivity index (χ1n) is 9.25. The Kier molecular flexibility index (Phi) is 5.90. The molecule has 0 heterocycles. The van der Waals surface area contributed by atoms with E-state index in [1.165, 1.54) is 12.1 Å². The average Bonchev–Trinajstić information content (AvgIpc) is 2.74. The van der Waals surface area contributed by atoms with Crippen molar-refractivity contribution in [3.05, 3.63) is 107 Å². The number of benzene rings is 3. The summed E-state index contributed by atoms with van der Waals surface area (Å²) in [6.07, 6.45) is 1.35. The lowest BCUT2D eigenvalue weighted by molar-refractivity contribution is -0.00602. The average molecular weight is 374 g/mol. The van der Waals surface area contributed by atoms with E-state index in [1.54, 1.807) is 12.1 Å². The molecule has 0 amide bonds. The molecule has 0 aliphatic heterocycles. The van der Waals surface area contributed by atoms with Crippen molar-refractivity contribution >= 4 is 11.9 Å². The second-order valence-corrected chi connectivity index (χ2v) is 6.55.